The van der Waals surface area contributed by atoms with Crippen molar-refractivity contribution in [3.05, 3.63) is 24.8 Å². The average molecular weight is 206 g/mol. The van der Waals surface area contributed by atoms with Crippen molar-refractivity contribution in [2.24, 2.45) is 11.7 Å². The molecule has 1 amide bonds. The van der Waals surface area contributed by atoms with Crippen LogP contribution in [0.15, 0.2) is 24.8 Å². The van der Waals surface area contributed by atoms with Crippen molar-refractivity contribution in [2.45, 2.75) is 31.3 Å². The number of hydrogen-bond donors (Lipinski definition) is 1. The molecule has 1 fully saturated rings. The third-order valence-corrected chi connectivity index (χ3v) is 3.03. The van der Waals surface area contributed by atoms with E-state index in [4.69, 9.17) is 5.73 Å². The van der Waals surface area contributed by atoms with Gasteiger partial charge in [0.15, 0.2) is 0 Å². The SMILES string of the molecule is C=CCN(C(=O)C1C=CC(N)C1)C1CC1. The minimum absolute atomic E-state index is 0.000509. The standard InChI is InChI=1S/C12H18N2O/c1-2-7-14(11-5-6-11)12(15)9-3-4-10(13)8-9/h2-4,9-11H,1,5-8,13H2. The fraction of sp³-hybridized carbons (Fsp3) is 0.583. The zero-order valence-electron chi connectivity index (χ0n) is 8.93. The molecule has 2 aliphatic carbocycles. The van der Waals surface area contributed by atoms with Crippen LogP contribution in [0.3, 0.4) is 0 Å². The van der Waals surface area contributed by atoms with Crippen LogP contribution in [0.1, 0.15) is 19.3 Å². The van der Waals surface area contributed by atoms with Crippen LogP contribution in [-0.2, 0) is 4.79 Å². The Kier molecular flexibility index (Phi) is 2.91. The largest absolute Gasteiger partial charge is 0.335 e. The number of carbonyl (C=O) groups excluding carboxylic acids is 1. The van der Waals surface area contributed by atoms with E-state index < -0.39 is 0 Å². The fourth-order valence-electron chi connectivity index (χ4n) is 2.07. The second-order valence-corrected chi connectivity index (χ2v) is 4.40. The summed E-state index contributed by atoms with van der Waals surface area (Å²) in [6, 6.07) is 0.518. The topological polar surface area (TPSA) is 46.3 Å². The molecule has 2 unspecified atom stereocenters. The summed E-state index contributed by atoms with van der Waals surface area (Å²) in [4.78, 5) is 14.1. The van der Waals surface area contributed by atoms with Crippen LogP contribution < -0.4 is 5.73 Å². The predicted molar refractivity (Wildman–Crippen MR) is 60.2 cm³/mol. The Balaban J connectivity index is 1.98. The highest BCUT2D eigenvalue weighted by atomic mass is 16.2. The molecule has 3 heteroatoms. The molecule has 0 aliphatic heterocycles. The van der Waals surface area contributed by atoms with Gasteiger partial charge < -0.3 is 10.6 Å². The van der Waals surface area contributed by atoms with Crippen molar-refractivity contribution < 1.29 is 4.79 Å². The van der Waals surface area contributed by atoms with Gasteiger partial charge in [-0.05, 0) is 19.3 Å². The Labute approximate surface area is 90.6 Å². The third kappa shape index (κ3) is 2.29. The summed E-state index contributed by atoms with van der Waals surface area (Å²) in [5, 5.41) is 0. The maximum Gasteiger partial charge on any atom is 0.230 e. The molecule has 1 saturated carbocycles. The number of hydrogen-bond acceptors (Lipinski definition) is 2. The molecular formula is C12H18N2O. The second-order valence-electron chi connectivity index (χ2n) is 4.40. The van der Waals surface area contributed by atoms with E-state index in [0.717, 1.165) is 19.3 Å². The van der Waals surface area contributed by atoms with E-state index in [2.05, 4.69) is 6.58 Å². The summed E-state index contributed by atoms with van der Waals surface area (Å²) >= 11 is 0. The van der Waals surface area contributed by atoms with Gasteiger partial charge in [0.1, 0.15) is 0 Å². The molecule has 2 atom stereocenters. The van der Waals surface area contributed by atoms with Crippen LogP contribution in [0.25, 0.3) is 0 Å². The van der Waals surface area contributed by atoms with Gasteiger partial charge in [0.25, 0.3) is 0 Å². The van der Waals surface area contributed by atoms with Crippen molar-refractivity contribution in [2.75, 3.05) is 6.54 Å². The van der Waals surface area contributed by atoms with Crippen molar-refractivity contribution >= 4 is 5.91 Å². The van der Waals surface area contributed by atoms with Crippen molar-refractivity contribution in [1.82, 2.24) is 4.90 Å². The first-order valence-electron chi connectivity index (χ1n) is 5.57. The van der Waals surface area contributed by atoms with Crippen LogP contribution in [0.2, 0.25) is 0 Å². The molecule has 0 saturated heterocycles. The summed E-state index contributed by atoms with van der Waals surface area (Å²) in [7, 11) is 0. The lowest BCUT2D eigenvalue weighted by molar-refractivity contribution is -0.134. The molecule has 3 nitrogen and oxygen atoms in total. The highest BCUT2D eigenvalue weighted by molar-refractivity contribution is 5.82. The summed E-state index contributed by atoms with van der Waals surface area (Å²) in [5.41, 5.74) is 5.75. The van der Waals surface area contributed by atoms with Crippen LogP contribution in [-0.4, -0.2) is 29.4 Å². The molecule has 2 aliphatic rings. The Morgan fingerprint density at radius 1 is 1.53 bits per heavy atom. The molecule has 2 N–H and O–H groups in total. The minimum Gasteiger partial charge on any atom is -0.335 e. The second kappa shape index (κ2) is 4.19. The highest BCUT2D eigenvalue weighted by Gasteiger charge is 2.35. The molecule has 82 valence electrons. The smallest absolute Gasteiger partial charge is 0.230 e. The molecule has 0 aromatic carbocycles. The maximum atomic E-state index is 12.1. The Morgan fingerprint density at radius 2 is 2.27 bits per heavy atom. The van der Waals surface area contributed by atoms with E-state index in [1.807, 2.05) is 17.1 Å². The van der Waals surface area contributed by atoms with E-state index in [0.29, 0.717) is 12.6 Å². The van der Waals surface area contributed by atoms with Gasteiger partial charge in [0, 0.05) is 18.6 Å². The van der Waals surface area contributed by atoms with Crippen LogP contribution in [0, 0.1) is 5.92 Å². The molecule has 15 heavy (non-hydrogen) atoms. The molecular weight excluding hydrogens is 188 g/mol. The third-order valence-electron chi connectivity index (χ3n) is 3.03. The minimum atomic E-state index is 0.000509. The summed E-state index contributed by atoms with van der Waals surface area (Å²) in [5.74, 6) is 0.224. The molecule has 0 aromatic rings. The van der Waals surface area contributed by atoms with Gasteiger partial charge in [-0.3, -0.25) is 4.79 Å². The molecule has 2 rings (SSSR count). The lowest BCUT2D eigenvalue weighted by Crippen LogP contribution is -2.37. The predicted octanol–water partition coefficient (Wildman–Crippen LogP) is 1.07. The average Bonchev–Trinajstić information content (AvgIpc) is 2.96. The number of amides is 1. The summed E-state index contributed by atoms with van der Waals surface area (Å²) in [6.45, 7) is 4.37. The van der Waals surface area contributed by atoms with Gasteiger partial charge in [0.05, 0.1) is 5.92 Å². The fourth-order valence-corrected chi connectivity index (χ4v) is 2.07. The Bertz CT molecular complexity index is 294. The molecule has 0 bridgehead atoms. The zero-order valence-corrected chi connectivity index (χ0v) is 8.93. The molecule has 0 radical (unpaired) electrons. The molecule has 0 heterocycles. The lowest BCUT2D eigenvalue weighted by atomic mass is 10.1. The van der Waals surface area contributed by atoms with Gasteiger partial charge in [-0.25, -0.2) is 0 Å². The molecule has 0 spiro atoms. The highest BCUT2D eigenvalue weighted by Crippen LogP contribution is 2.30. The Hall–Kier alpha value is -1.09. The van der Waals surface area contributed by atoms with Crippen LogP contribution >= 0.6 is 0 Å². The first-order valence-corrected chi connectivity index (χ1v) is 5.57. The maximum absolute atomic E-state index is 12.1. The first kappa shape index (κ1) is 10.4. The quantitative estimate of drug-likeness (QED) is 0.699. The van der Waals surface area contributed by atoms with Crippen molar-refractivity contribution in [1.29, 1.82) is 0 Å². The number of carbonyl (C=O) groups is 1. The number of nitrogens with two attached hydrogens (primary N) is 1. The van der Waals surface area contributed by atoms with Gasteiger partial charge >= 0.3 is 0 Å². The van der Waals surface area contributed by atoms with E-state index in [1.54, 1.807) is 6.08 Å². The lowest BCUT2D eigenvalue weighted by Gasteiger charge is -2.23. The molecule has 0 aromatic heterocycles. The Morgan fingerprint density at radius 3 is 2.73 bits per heavy atom. The summed E-state index contributed by atoms with van der Waals surface area (Å²) < 4.78 is 0. The zero-order chi connectivity index (χ0) is 10.8. The number of rotatable bonds is 4. The first-order chi connectivity index (χ1) is 7.22. The van der Waals surface area contributed by atoms with Crippen LogP contribution in [0.4, 0.5) is 0 Å². The van der Waals surface area contributed by atoms with Gasteiger partial charge in [-0.1, -0.05) is 18.2 Å². The van der Waals surface area contributed by atoms with E-state index in [1.165, 1.54) is 0 Å². The number of nitrogens with zero attached hydrogens (tertiary/aromatic N) is 1. The van der Waals surface area contributed by atoms with Gasteiger partial charge in [-0.15, -0.1) is 6.58 Å². The van der Waals surface area contributed by atoms with E-state index >= 15 is 0 Å². The van der Waals surface area contributed by atoms with Gasteiger partial charge in [-0.2, -0.15) is 0 Å². The van der Waals surface area contributed by atoms with Crippen molar-refractivity contribution in [3.63, 3.8) is 0 Å². The van der Waals surface area contributed by atoms with Crippen LogP contribution in [0.5, 0.6) is 0 Å². The summed E-state index contributed by atoms with van der Waals surface area (Å²) in [6.07, 6.45) is 8.73. The van der Waals surface area contributed by atoms with E-state index in [-0.39, 0.29) is 17.9 Å². The van der Waals surface area contributed by atoms with E-state index in [9.17, 15) is 4.79 Å². The monoisotopic (exact) mass is 206 g/mol. The normalized spacial score (nSPS) is 29.1. The van der Waals surface area contributed by atoms with Crippen molar-refractivity contribution in [3.8, 4) is 0 Å². The van der Waals surface area contributed by atoms with Gasteiger partial charge in [0.2, 0.25) is 5.91 Å².